The van der Waals surface area contributed by atoms with Crippen LogP contribution in [0.3, 0.4) is 0 Å². The maximum absolute atomic E-state index is 10.2. The van der Waals surface area contributed by atoms with Crippen molar-refractivity contribution in [3.05, 3.63) is 95.8 Å². The van der Waals surface area contributed by atoms with Crippen LogP contribution in [-0.4, -0.2) is 57.8 Å². The molecule has 7 nitrogen and oxygen atoms in total. The molecule has 0 bridgehead atoms. The zero-order chi connectivity index (χ0) is 28.0. The highest BCUT2D eigenvalue weighted by molar-refractivity contribution is 5.87. The zero-order valence-corrected chi connectivity index (χ0v) is 23.3. The standard InChI is InChI=1S/C26H31N3O2.C7H6O2/c1-26(2)17-20-7-5-10-24(25(20)31-26)30-16-6-13-29-14-11-19(12-15-29)23-18-27-21-8-3-4-9-22(21)28-23;8-7(9)6-4-2-1-3-5-6/h3-5,7-10,18-19H,6,11-17H2,1-2H3;1-5H,(H,8,9). The van der Waals surface area contributed by atoms with E-state index in [1.54, 1.807) is 30.3 Å². The number of rotatable bonds is 7. The lowest BCUT2D eigenvalue weighted by atomic mass is 9.93. The average Bonchev–Trinajstić information content (AvgIpc) is 3.31. The van der Waals surface area contributed by atoms with Gasteiger partial charge in [0.1, 0.15) is 5.60 Å². The lowest BCUT2D eigenvalue weighted by Crippen LogP contribution is -2.34. The molecule has 1 fully saturated rings. The molecular formula is C33H37N3O4. The normalized spacial score (nSPS) is 16.4. The van der Waals surface area contributed by atoms with Gasteiger partial charge in [0.25, 0.3) is 0 Å². The summed E-state index contributed by atoms with van der Waals surface area (Å²) in [6, 6.07) is 22.6. The average molecular weight is 540 g/mol. The monoisotopic (exact) mass is 539 g/mol. The van der Waals surface area contributed by atoms with E-state index in [0.717, 1.165) is 80.2 Å². The summed E-state index contributed by atoms with van der Waals surface area (Å²) in [4.78, 5) is 22.2. The van der Waals surface area contributed by atoms with Crippen molar-refractivity contribution < 1.29 is 19.4 Å². The number of hydrogen-bond acceptors (Lipinski definition) is 6. The van der Waals surface area contributed by atoms with Crippen LogP contribution < -0.4 is 9.47 Å². The molecule has 1 saturated heterocycles. The second-order valence-corrected chi connectivity index (χ2v) is 11.1. The first-order valence-electron chi connectivity index (χ1n) is 14.0. The Hall–Kier alpha value is -3.97. The number of para-hydroxylation sites is 3. The van der Waals surface area contributed by atoms with Crippen LogP contribution in [-0.2, 0) is 6.42 Å². The fourth-order valence-electron chi connectivity index (χ4n) is 5.37. The first-order chi connectivity index (χ1) is 19.4. The summed E-state index contributed by atoms with van der Waals surface area (Å²) in [5, 5.41) is 8.38. The summed E-state index contributed by atoms with van der Waals surface area (Å²) in [6.45, 7) is 8.26. The van der Waals surface area contributed by atoms with Gasteiger partial charge in [0.15, 0.2) is 11.5 Å². The lowest BCUT2D eigenvalue weighted by Gasteiger charge is -2.31. The number of carboxylic acid groups (broad SMARTS) is 1. The highest BCUT2D eigenvalue weighted by atomic mass is 16.5. The number of ether oxygens (including phenoxy) is 2. The predicted molar refractivity (Wildman–Crippen MR) is 156 cm³/mol. The van der Waals surface area contributed by atoms with Gasteiger partial charge in [-0.3, -0.25) is 4.98 Å². The molecule has 4 aromatic rings. The van der Waals surface area contributed by atoms with Gasteiger partial charge in [0, 0.05) is 30.6 Å². The first-order valence-corrected chi connectivity index (χ1v) is 14.0. The van der Waals surface area contributed by atoms with Crippen LogP contribution in [0.5, 0.6) is 11.5 Å². The highest BCUT2D eigenvalue weighted by Crippen LogP contribution is 2.41. The third-order valence-corrected chi connectivity index (χ3v) is 7.43. The smallest absolute Gasteiger partial charge is 0.335 e. The second kappa shape index (κ2) is 12.5. The van der Waals surface area contributed by atoms with Gasteiger partial charge in [-0.2, -0.15) is 0 Å². The minimum Gasteiger partial charge on any atom is -0.490 e. The zero-order valence-electron chi connectivity index (χ0n) is 23.3. The Morgan fingerprint density at radius 1 is 1.00 bits per heavy atom. The van der Waals surface area contributed by atoms with Gasteiger partial charge >= 0.3 is 5.97 Å². The molecule has 2 aliphatic rings. The fraction of sp³-hybridized carbons (Fsp3) is 0.364. The minimum absolute atomic E-state index is 0.137. The van der Waals surface area contributed by atoms with Crippen molar-refractivity contribution in [3.8, 4) is 11.5 Å². The number of fused-ring (bicyclic) bond motifs is 2. The van der Waals surface area contributed by atoms with Gasteiger partial charge in [-0.25, -0.2) is 9.78 Å². The number of carboxylic acids is 1. The molecule has 1 aromatic heterocycles. The van der Waals surface area contributed by atoms with Crippen molar-refractivity contribution in [3.63, 3.8) is 0 Å². The van der Waals surface area contributed by atoms with Crippen LogP contribution >= 0.6 is 0 Å². The molecule has 3 aromatic carbocycles. The van der Waals surface area contributed by atoms with E-state index < -0.39 is 5.97 Å². The summed E-state index contributed by atoms with van der Waals surface area (Å²) < 4.78 is 12.2. The molecule has 7 heteroatoms. The number of nitrogens with zero attached hydrogens (tertiary/aromatic N) is 3. The molecule has 0 atom stereocenters. The van der Waals surface area contributed by atoms with E-state index >= 15 is 0 Å². The van der Waals surface area contributed by atoms with E-state index in [1.807, 2.05) is 30.5 Å². The Morgan fingerprint density at radius 2 is 1.73 bits per heavy atom. The molecule has 6 rings (SSSR count). The molecule has 0 unspecified atom stereocenters. The van der Waals surface area contributed by atoms with Crippen LogP contribution in [0.15, 0.2) is 79.0 Å². The second-order valence-electron chi connectivity index (χ2n) is 11.1. The van der Waals surface area contributed by atoms with Crippen molar-refractivity contribution in [2.45, 2.75) is 51.0 Å². The Bertz CT molecular complexity index is 1430. The molecule has 0 aliphatic carbocycles. The maximum atomic E-state index is 10.2. The van der Waals surface area contributed by atoms with E-state index in [2.05, 4.69) is 41.9 Å². The Kier molecular flexibility index (Phi) is 8.60. The van der Waals surface area contributed by atoms with E-state index in [1.165, 1.54) is 5.56 Å². The van der Waals surface area contributed by atoms with Gasteiger partial charge in [0.2, 0.25) is 0 Å². The van der Waals surface area contributed by atoms with Gasteiger partial charge in [-0.05, 0) is 76.5 Å². The van der Waals surface area contributed by atoms with Crippen molar-refractivity contribution >= 4 is 17.0 Å². The topological polar surface area (TPSA) is 84.8 Å². The number of benzene rings is 3. The Balaban J connectivity index is 0.000000306. The molecule has 40 heavy (non-hydrogen) atoms. The summed E-state index contributed by atoms with van der Waals surface area (Å²) in [5.74, 6) is 1.45. The molecule has 2 aliphatic heterocycles. The quantitative estimate of drug-likeness (QED) is 0.273. The fourth-order valence-corrected chi connectivity index (χ4v) is 5.37. The molecule has 208 valence electrons. The first kappa shape index (κ1) is 27.6. The van der Waals surface area contributed by atoms with Crippen LogP contribution in [0, 0.1) is 0 Å². The van der Waals surface area contributed by atoms with Crippen LogP contribution in [0.4, 0.5) is 0 Å². The van der Waals surface area contributed by atoms with Crippen molar-refractivity contribution in [2.75, 3.05) is 26.2 Å². The number of carbonyl (C=O) groups is 1. The van der Waals surface area contributed by atoms with Crippen molar-refractivity contribution in [2.24, 2.45) is 0 Å². The summed E-state index contributed by atoms with van der Waals surface area (Å²) in [7, 11) is 0. The van der Waals surface area contributed by atoms with E-state index in [9.17, 15) is 4.79 Å². The predicted octanol–water partition coefficient (Wildman–Crippen LogP) is 6.38. The summed E-state index contributed by atoms with van der Waals surface area (Å²) in [5.41, 5.74) is 4.56. The Morgan fingerprint density at radius 3 is 2.45 bits per heavy atom. The van der Waals surface area contributed by atoms with E-state index in [-0.39, 0.29) is 5.60 Å². The van der Waals surface area contributed by atoms with Crippen molar-refractivity contribution in [1.29, 1.82) is 0 Å². The highest BCUT2D eigenvalue weighted by Gasteiger charge is 2.32. The van der Waals surface area contributed by atoms with E-state index in [0.29, 0.717) is 11.5 Å². The lowest BCUT2D eigenvalue weighted by molar-refractivity contribution is 0.0697. The van der Waals surface area contributed by atoms with E-state index in [4.69, 9.17) is 19.6 Å². The van der Waals surface area contributed by atoms with Gasteiger partial charge in [-0.1, -0.05) is 42.5 Å². The molecule has 0 amide bonds. The third kappa shape index (κ3) is 6.96. The number of aromatic carboxylic acids is 1. The molecular weight excluding hydrogens is 502 g/mol. The van der Waals surface area contributed by atoms with Crippen LogP contribution in [0.2, 0.25) is 0 Å². The summed E-state index contributed by atoms with van der Waals surface area (Å²) in [6.07, 6.45) is 6.22. The van der Waals surface area contributed by atoms with Crippen molar-refractivity contribution in [1.82, 2.24) is 14.9 Å². The molecule has 0 radical (unpaired) electrons. The molecule has 3 heterocycles. The molecule has 0 saturated carbocycles. The Labute approximate surface area is 235 Å². The van der Waals surface area contributed by atoms with Gasteiger partial charge < -0.3 is 19.5 Å². The summed E-state index contributed by atoms with van der Waals surface area (Å²) >= 11 is 0. The largest absolute Gasteiger partial charge is 0.490 e. The number of aromatic nitrogens is 2. The SMILES string of the molecule is CC1(C)Cc2cccc(OCCCN3CCC(c4cnc5ccccc5n4)CC3)c2O1.O=C(O)c1ccccc1. The van der Waals surface area contributed by atoms with Crippen LogP contribution in [0.25, 0.3) is 11.0 Å². The number of piperidine rings is 1. The van der Waals surface area contributed by atoms with Gasteiger partial charge in [0.05, 0.1) is 28.9 Å². The number of likely N-dealkylation sites (tertiary alicyclic amines) is 1. The third-order valence-electron chi connectivity index (χ3n) is 7.43. The molecule has 0 spiro atoms. The maximum Gasteiger partial charge on any atom is 0.335 e. The molecule has 1 N–H and O–H groups in total. The van der Waals surface area contributed by atoms with Gasteiger partial charge in [-0.15, -0.1) is 0 Å². The minimum atomic E-state index is -0.879. The van der Waals surface area contributed by atoms with Crippen LogP contribution in [0.1, 0.15) is 60.6 Å². The number of hydrogen-bond donors (Lipinski definition) is 1.